The minimum absolute atomic E-state index is 0. The molecule has 0 saturated carbocycles. The number of esters is 2. The predicted octanol–water partition coefficient (Wildman–Crippen LogP) is 9.26. The molecule has 0 aromatic heterocycles. The van der Waals surface area contributed by atoms with E-state index in [1.807, 2.05) is 75.5 Å². The summed E-state index contributed by atoms with van der Waals surface area (Å²) in [6, 6.07) is 0. The molecule has 47 heavy (non-hydrogen) atoms. The number of oxime groups is 1. The Labute approximate surface area is 292 Å². The van der Waals surface area contributed by atoms with Gasteiger partial charge in [0.25, 0.3) is 0 Å². The minimum Gasteiger partial charge on any atom is -0.469 e. The topological polar surface area (TPSA) is 128 Å². The van der Waals surface area contributed by atoms with Gasteiger partial charge in [0.2, 0.25) is 0 Å². The van der Waals surface area contributed by atoms with Crippen molar-refractivity contribution in [3.05, 3.63) is 0 Å². The number of nitrogens with zero attached hydrogens (tertiary/aromatic N) is 3. The Morgan fingerprint density at radius 3 is 1.30 bits per heavy atom. The maximum absolute atomic E-state index is 11.2. The number of carbonyl (C=O) groups excluding carboxylic acids is 2. The summed E-state index contributed by atoms with van der Waals surface area (Å²) in [6.07, 6.45) is 3.06. The minimum atomic E-state index is -0.506. The molecular weight excluding hydrogens is 598 g/mol. The highest BCUT2D eigenvalue weighted by atomic mass is 16.6. The molecule has 0 aliphatic carbocycles. The van der Waals surface area contributed by atoms with Crippen LogP contribution in [0.15, 0.2) is 15.1 Å². The number of aliphatic hydroxyl groups excluding tert-OH is 1. The molecule has 1 N–H and O–H groups in total. The van der Waals surface area contributed by atoms with Gasteiger partial charge in [0.15, 0.2) is 0 Å². The summed E-state index contributed by atoms with van der Waals surface area (Å²) < 4.78 is 14.2. The van der Waals surface area contributed by atoms with E-state index in [4.69, 9.17) is 19.4 Å². The molecule has 1 unspecified atom stereocenters. The third kappa shape index (κ3) is 59.6. The zero-order valence-corrected chi connectivity index (χ0v) is 33.1. The smallest absolute Gasteiger partial charge is 0.311 e. The van der Waals surface area contributed by atoms with Crippen molar-refractivity contribution in [2.45, 2.75) is 164 Å². The number of methoxy groups -OCH3 is 2. The summed E-state index contributed by atoms with van der Waals surface area (Å²) in [5, 5.41) is 12.3. The lowest BCUT2D eigenvalue weighted by molar-refractivity contribution is -0.157. The first-order valence-corrected chi connectivity index (χ1v) is 15.5. The van der Waals surface area contributed by atoms with E-state index in [-0.39, 0.29) is 56.6 Å². The van der Waals surface area contributed by atoms with Crippen LogP contribution in [0.2, 0.25) is 0 Å². The summed E-state index contributed by atoms with van der Waals surface area (Å²) in [4.78, 5) is 35.2. The van der Waals surface area contributed by atoms with Crippen LogP contribution in [0.25, 0.3) is 0 Å². The first-order chi connectivity index (χ1) is 19.9. The van der Waals surface area contributed by atoms with Crippen LogP contribution in [0.5, 0.6) is 0 Å². The normalized spacial score (nSPS) is 12.0. The molecule has 286 valence electrons. The second kappa shape index (κ2) is 29.8. The number of aliphatic hydroxyl groups is 1. The number of rotatable bonds is 6. The zero-order valence-electron chi connectivity index (χ0n) is 33.1. The molecule has 0 rings (SSSR count). The maximum Gasteiger partial charge on any atom is 0.311 e. The van der Waals surface area contributed by atoms with Gasteiger partial charge in [-0.1, -0.05) is 40.8 Å². The lowest BCUT2D eigenvalue weighted by Gasteiger charge is -2.19. The van der Waals surface area contributed by atoms with E-state index in [0.717, 1.165) is 12.3 Å². The Hall–Kier alpha value is -2.33. The fraction of sp³-hybridized carbons (Fsp3) is 0.865. The molecule has 0 heterocycles. The molecular formula is C37H81N3O7. The average molecular weight is 680 g/mol. The molecule has 0 spiro atoms. The second-order valence-corrected chi connectivity index (χ2v) is 15.6. The van der Waals surface area contributed by atoms with Crippen molar-refractivity contribution in [1.82, 2.24) is 0 Å². The van der Waals surface area contributed by atoms with E-state index in [2.05, 4.69) is 61.4 Å². The van der Waals surface area contributed by atoms with Crippen LogP contribution in [0.4, 0.5) is 0 Å². The van der Waals surface area contributed by atoms with Gasteiger partial charge in [-0.05, 0) is 122 Å². The van der Waals surface area contributed by atoms with Crippen LogP contribution in [0, 0.1) is 16.2 Å². The summed E-state index contributed by atoms with van der Waals surface area (Å²) in [5.74, 6) is -0.458. The highest BCUT2D eigenvalue weighted by Gasteiger charge is 2.24. The van der Waals surface area contributed by atoms with Crippen molar-refractivity contribution in [2.75, 3.05) is 34.0 Å². The summed E-state index contributed by atoms with van der Waals surface area (Å²) in [7, 11) is 2.86. The number of hydrogen-bond donors (Lipinski definition) is 1. The SMILES string of the molecule is C.C.C/C=N/OC(C)(C)C.CC(C)=NC(C)(C)C.CC=NCC(C)(C)C.COC(=O)C(C)(C)C.COC(CO)COC(=O)C(C)(C)C. The van der Waals surface area contributed by atoms with Gasteiger partial charge in [-0.2, -0.15) is 0 Å². The molecule has 0 fully saturated rings. The zero-order chi connectivity index (χ0) is 37.3. The van der Waals surface area contributed by atoms with Gasteiger partial charge in [0, 0.05) is 25.6 Å². The van der Waals surface area contributed by atoms with Gasteiger partial charge in [0.05, 0.1) is 30.1 Å². The van der Waals surface area contributed by atoms with Crippen LogP contribution in [0.3, 0.4) is 0 Å². The van der Waals surface area contributed by atoms with Crippen LogP contribution in [0.1, 0.15) is 146 Å². The Morgan fingerprint density at radius 1 is 0.745 bits per heavy atom. The Kier molecular flexibility index (Phi) is 38.0. The van der Waals surface area contributed by atoms with Gasteiger partial charge in [-0.15, -0.1) is 0 Å². The number of ether oxygens (including phenoxy) is 3. The highest BCUT2D eigenvalue weighted by Crippen LogP contribution is 2.15. The second-order valence-electron chi connectivity index (χ2n) is 15.6. The Morgan fingerprint density at radius 2 is 1.17 bits per heavy atom. The molecule has 10 nitrogen and oxygen atoms in total. The number of hydrogen-bond acceptors (Lipinski definition) is 10. The molecule has 0 bridgehead atoms. The van der Waals surface area contributed by atoms with Gasteiger partial charge >= 0.3 is 11.9 Å². The standard InChI is InChI=1S/C9H18O4.2C7H15N.C6H13NO.C6H12O2.2CH4/c1-9(2,3)8(11)13-6-7(5-10)12-4;1-6(2)8-7(3,4)5;1-5-8-6-7(2,3)4;1-5-7-8-6(2,3)4;1-6(2,3)5(7)8-4;;/h7,10H,5-6H2,1-4H3;1-5H3;5H,6H2,1-4H3;5H,1-4H3;1-4H3;2*1H4/b;;;7-5+;;;. The molecule has 0 aromatic carbocycles. The van der Waals surface area contributed by atoms with E-state index in [1.165, 1.54) is 14.2 Å². The fourth-order valence-electron chi connectivity index (χ4n) is 2.13. The predicted molar refractivity (Wildman–Crippen MR) is 205 cm³/mol. The van der Waals surface area contributed by atoms with Gasteiger partial charge in [-0.25, -0.2) is 0 Å². The van der Waals surface area contributed by atoms with Crippen LogP contribution in [-0.2, 0) is 28.6 Å². The first kappa shape index (κ1) is 60.0. The highest BCUT2D eigenvalue weighted by molar-refractivity contribution is 5.79. The molecule has 0 aromatic rings. The molecule has 0 radical (unpaired) electrons. The largest absolute Gasteiger partial charge is 0.469 e. The van der Waals surface area contributed by atoms with E-state index < -0.39 is 11.5 Å². The van der Waals surface area contributed by atoms with Gasteiger partial charge in [0.1, 0.15) is 18.3 Å². The number of carbonyl (C=O) groups is 2. The van der Waals surface area contributed by atoms with Crippen LogP contribution in [-0.4, -0.2) is 86.4 Å². The van der Waals surface area contributed by atoms with Gasteiger partial charge < -0.3 is 24.2 Å². The monoisotopic (exact) mass is 680 g/mol. The fourth-order valence-corrected chi connectivity index (χ4v) is 2.13. The lowest BCUT2D eigenvalue weighted by atomic mass is 9.97. The third-order valence-electron chi connectivity index (χ3n) is 4.09. The van der Waals surface area contributed by atoms with E-state index >= 15 is 0 Å². The van der Waals surface area contributed by atoms with E-state index in [1.54, 1.807) is 27.0 Å². The van der Waals surface area contributed by atoms with Crippen LogP contribution >= 0.6 is 0 Å². The Balaban J connectivity index is -0.0000000857. The molecule has 0 aliphatic rings. The van der Waals surface area contributed by atoms with E-state index in [9.17, 15) is 9.59 Å². The van der Waals surface area contributed by atoms with Crippen molar-refractivity contribution >= 4 is 30.1 Å². The van der Waals surface area contributed by atoms with E-state index in [0.29, 0.717) is 5.41 Å². The van der Waals surface area contributed by atoms with Crippen molar-refractivity contribution in [2.24, 2.45) is 31.4 Å². The summed E-state index contributed by atoms with van der Waals surface area (Å²) in [5.41, 5.74) is 0.609. The van der Waals surface area contributed by atoms with Crippen LogP contribution < -0.4 is 0 Å². The van der Waals surface area contributed by atoms with Crippen molar-refractivity contribution in [3.63, 3.8) is 0 Å². The first-order valence-electron chi connectivity index (χ1n) is 15.5. The summed E-state index contributed by atoms with van der Waals surface area (Å²) >= 11 is 0. The quantitative estimate of drug-likeness (QED) is 0.168. The summed E-state index contributed by atoms with van der Waals surface area (Å²) in [6.45, 7) is 38.2. The maximum atomic E-state index is 11.2. The van der Waals surface area contributed by atoms with Gasteiger partial charge in [-0.3, -0.25) is 19.6 Å². The molecule has 10 heteroatoms. The average Bonchev–Trinajstić information content (AvgIpc) is 2.84. The number of aliphatic imine (C=N–C) groups is 2. The van der Waals surface area contributed by atoms with Crippen molar-refractivity contribution < 1.29 is 33.7 Å². The Bertz CT molecular complexity index is 800. The van der Waals surface area contributed by atoms with Crippen molar-refractivity contribution in [3.8, 4) is 0 Å². The molecule has 0 amide bonds. The molecule has 0 aliphatic heterocycles. The molecule has 1 atom stereocenters. The van der Waals surface area contributed by atoms with Crippen molar-refractivity contribution in [1.29, 1.82) is 0 Å². The molecule has 0 saturated heterocycles. The third-order valence-corrected chi connectivity index (χ3v) is 4.09. The lowest BCUT2D eigenvalue weighted by Crippen LogP contribution is -2.29.